The molecule has 7 nitrogen and oxygen atoms in total. The number of anilines is 1. The van der Waals surface area contributed by atoms with Gasteiger partial charge in [-0.3, -0.25) is 19.2 Å². The first-order valence-corrected chi connectivity index (χ1v) is 10.2. The summed E-state index contributed by atoms with van der Waals surface area (Å²) >= 11 is 0. The maximum absolute atomic E-state index is 12.7. The standard InChI is InChI=1S/C20H33N5O2/c1-14-18(15(2)23(4)22-14)21-19(26)16(3)24-12-8-17(9-13-24)20(27)25-10-6-5-7-11-25/h16-17H,5-13H2,1-4H3,(H,21,26). The molecule has 3 rings (SSSR count). The van der Waals surface area contributed by atoms with Crippen molar-refractivity contribution in [1.82, 2.24) is 19.6 Å². The Kier molecular flexibility index (Phi) is 6.19. The number of piperidine rings is 2. The van der Waals surface area contributed by atoms with E-state index < -0.39 is 0 Å². The lowest BCUT2D eigenvalue weighted by Crippen LogP contribution is -2.49. The lowest BCUT2D eigenvalue weighted by molar-refractivity contribution is -0.138. The number of hydrogen-bond donors (Lipinski definition) is 1. The summed E-state index contributed by atoms with van der Waals surface area (Å²) < 4.78 is 1.79. The maximum atomic E-state index is 12.7. The van der Waals surface area contributed by atoms with Gasteiger partial charge in [0.25, 0.3) is 0 Å². The minimum Gasteiger partial charge on any atom is -0.342 e. The van der Waals surface area contributed by atoms with Gasteiger partial charge in [0.05, 0.1) is 23.1 Å². The fraction of sp³-hybridized carbons (Fsp3) is 0.750. The Morgan fingerprint density at radius 1 is 1.07 bits per heavy atom. The van der Waals surface area contributed by atoms with Crippen LogP contribution in [0.3, 0.4) is 0 Å². The molecule has 1 N–H and O–H groups in total. The monoisotopic (exact) mass is 375 g/mol. The third-order valence-electron chi connectivity index (χ3n) is 6.23. The smallest absolute Gasteiger partial charge is 0.241 e. The molecule has 0 spiro atoms. The van der Waals surface area contributed by atoms with E-state index in [-0.39, 0.29) is 17.9 Å². The molecule has 0 saturated carbocycles. The van der Waals surface area contributed by atoms with Crippen molar-refractivity contribution in [2.75, 3.05) is 31.5 Å². The second-order valence-corrected chi connectivity index (χ2v) is 8.03. The van der Waals surface area contributed by atoms with Crippen molar-refractivity contribution in [2.24, 2.45) is 13.0 Å². The molecule has 2 saturated heterocycles. The molecule has 1 unspecified atom stereocenters. The van der Waals surface area contributed by atoms with E-state index in [1.807, 2.05) is 32.7 Å². The molecule has 2 fully saturated rings. The molecule has 2 amide bonds. The Morgan fingerprint density at radius 3 is 2.26 bits per heavy atom. The molecule has 0 aliphatic carbocycles. The van der Waals surface area contributed by atoms with Gasteiger partial charge in [0.1, 0.15) is 0 Å². The molecule has 0 bridgehead atoms. The van der Waals surface area contributed by atoms with E-state index in [2.05, 4.69) is 15.3 Å². The molecule has 1 aromatic rings. The summed E-state index contributed by atoms with van der Waals surface area (Å²) in [6.07, 6.45) is 5.20. The van der Waals surface area contributed by atoms with Gasteiger partial charge >= 0.3 is 0 Å². The first-order valence-electron chi connectivity index (χ1n) is 10.2. The molecule has 27 heavy (non-hydrogen) atoms. The number of aryl methyl sites for hydroxylation is 2. The van der Waals surface area contributed by atoms with Gasteiger partial charge in [-0.1, -0.05) is 0 Å². The Hall–Kier alpha value is -1.89. The average molecular weight is 376 g/mol. The van der Waals surface area contributed by atoms with Crippen molar-refractivity contribution < 1.29 is 9.59 Å². The number of carbonyl (C=O) groups is 2. The molecule has 7 heteroatoms. The molecule has 150 valence electrons. The molecule has 1 atom stereocenters. The number of aromatic nitrogens is 2. The highest BCUT2D eigenvalue weighted by atomic mass is 16.2. The lowest BCUT2D eigenvalue weighted by Gasteiger charge is -2.37. The first-order chi connectivity index (χ1) is 12.9. The summed E-state index contributed by atoms with van der Waals surface area (Å²) in [6, 6.07) is -0.213. The van der Waals surface area contributed by atoms with Crippen molar-refractivity contribution in [2.45, 2.75) is 58.9 Å². The van der Waals surface area contributed by atoms with Crippen molar-refractivity contribution in [3.8, 4) is 0 Å². The highest BCUT2D eigenvalue weighted by Crippen LogP contribution is 2.24. The fourth-order valence-corrected chi connectivity index (χ4v) is 4.25. The Labute approximate surface area is 162 Å². The van der Waals surface area contributed by atoms with Gasteiger partial charge in [-0.25, -0.2) is 0 Å². The van der Waals surface area contributed by atoms with Gasteiger partial charge in [0, 0.05) is 26.1 Å². The summed E-state index contributed by atoms with van der Waals surface area (Å²) in [7, 11) is 1.88. The number of rotatable bonds is 4. The second-order valence-electron chi connectivity index (χ2n) is 8.03. The summed E-state index contributed by atoms with van der Waals surface area (Å²) in [6.45, 7) is 9.24. The Balaban J connectivity index is 1.52. The van der Waals surface area contributed by atoms with E-state index in [9.17, 15) is 9.59 Å². The molecular formula is C20H33N5O2. The van der Waals surface area contributed by atoms with Crippen molar-refractivity contribution >= 4 is 17.5 Å². The highest BCUT2D eigenvalue weighted by Gasteiger charge is 2.32. The van der Waals surface area contributed by atoms with Gasteiger partial charge in [0.2, 0.25) is 11.8 Å². The zero-order chi connectivity index (χ0) is 19.6. The number of nitrogens with one attached hydrogen (secondary N) is 1. The van der Waals surface area contributed by atoms with Crippen molar-refractivity contribution in [3.63, 3.8) is 0 Å². The van der Waals surface area contributed by atoms with Crippen LogP contribution in [0, 0.1) is 19.8 Å². The van der Waals surface area contributed by atoms with E-state index in [0.717, 1.165) is 68.9 Å². The van der Waals surface area contributed by atoms with Gasteiger partial charge in [-0.05, 0) is 66.0 Å². The van der Waals surface area contributed by atoms with Crippen LogP contribution in [0.2, 0.25) is 0 Å². The van der Waals surface area contributed by atoms with Gasteiger partial charge in [0.15, 0.2) is 0 Å². The summed E-state index contributed by atoms with van der Waals surface area (Å²) in [4.78, 5) is 29.7. The zero-order valence-corrected chi connectivity index (χ0v) is 17.1. The molecule has 0 aromatic carbocycles. The molecule has 2 aliphatic heterocycles. The maximum Gasteiger partial charge on any atom is 0.241 e. The van der Waals surface area contributed by atoms with Crippen LogP contribution in [0.1, 0.15) is 50.4 Å². The third-order valence-corrected chi connectivity index (χ3v) is 6.23. The predicted molar refractivity (Wildman–Crippen MR) is 106 cm³/mol. The molecule has 3 heterocycles. The van der Waals surface area contributed by atoms with E-state index in [1.165, 1.54) is 6.42 Å². The van der Waals surface area contributed by atoms with Crippen LogP contribution in [0.4, 0.5) is 5.69 Å². The predicted octanol–water partition coefficient (Wildman–Crippen LogP) is 2.09. The van der Waals surface area contributed by atoms with Crippen LogP contribution in [0.15, 0.2) is 0 Å². The van der Waals surface area contributed by atoms with Gasteiger partial charge in [-0.15, -0.1) is 0 Å². The van der Waals surface area contributed by atoms with Crippen LogP contribution in [-0.4, -0.2) is 63.6 Å². The van der Waals surface area contributed by atoms with Gasteiger partial charge < -0.3 is 10.2 Å². The van der Waals surface area contributed by atoms with Crippen LogP contribution >= 0.6 is 0 Å². The second kappa shape index (κ2) is 8.42. The highest BCUT2D eigenvalue weighted by molar-refractivity contribution is 5.95. The summed E-state index contributed by atoms with van der Waals surface area (Å²) in [5, 5.41) is 7.40. The van der Waals surface area contributed by atoms with E-state index in [0.29, 0.717) is 5.91 Å². The number of nitrogens with zero attached hydrogens (tertiary/aromatic N) is 4. The van der Waals surface area contributed by atoms with Crippen LogP contribution in [-0.2, 0) is 16.6 Å². The normalized spacial score (nSPS) is 20.5. The topological polar surface area (TPSA) is 70.5 Å². The van der Waals surface area contributed by atoms with Crippen LogP contribution in [0.25, 0.3) is 0 Å². The van der Waals surface area contributed by atoms with E-state index >= 15 is 0 Å². The third kappa shape index (κ3) is 4.34. The number of carbonyl (C=O) groups excluding carboxylic acids is 2. The molecule has 1 aromatic heterocycles. The average Bonchev–Trinajstić information content (AvgIpc) is 2.93. The number of amides is 2. The zero-order valence-electron chi connectivity index (χ0n) is 17.1. The first kappa shape index (κ1) is 19.9. The van der Waals surface area contributed by atoms with Crippen molar-refractivity contribution in [3.05, 3.63) is 11.4 Å². The summed E-state index contributed by atoms with van der Waals surface area (Å²) in [5.41, 5.74) is 2.60. The minimum absolute atomic E-state index is 0.00462. The minimum atomic E-state index is -0.213. The summed E-state index contributed by atoms with van der Waals surface area (Å²) in [5.74, 6) is 0.445. The number of hydrogen-bond acceptors (Lipinski definition) is 4. The lowest BCUT2D eigenvalue weighted by atomic mass is 9.93. The van der Waals surface area contributed by atoms with Crippen LogP contribution < -0.4 is 5.32 Å². The molecule has 0 radical (unpaired) electrons. The van der Waals surface area contributed by atoms with E-state index in [4.69, 9.17) is 0 Å². The largest absolute Gasteiger partial charge is 0.342 e. The number of likely N-dealkylation sites (tertiary alicyclic amines) is 2. The Bertz CT molecular complexity index is 685. The fourth-order valence-electron chi connectivity index (χ4n) is 4.25. The SMILES string of the molecule is Cc1nn(C)c(C)c1NC(=O)C(C)N1CCC(C(=O)N2CCCCC2)CC1. The van der Waals surface area contributed by atoms with Crippen LogP contribution in [0.5, 0.6) is 0 Å². The molecular weight excluding hydrogens is 342 g/mol. The van der Waals surface area contributed by atoms with E-state index in [1.54, 1.807) is 4.68 Å². The Morgan fingerprint density at radius 2 is 1.70 bits per heavy atom. The van der Waals surface area contributed by atoms with Gasteiger partial charge in [-0.2, -0.15) is 5.10 Å². The quantitative estimate of drug-likeness (QED) is 0.875. The molecule has 2 aliphatic rings. The van der Waals surface area contributed by atoms with Crippen molar-refractivity contribution in [1.29, 1.82) is 0 Å².